The van der Waals surface area contributed by atoms with Crippen molar-refractivity contribution < 1.29 is 28.6 Å². The van der Waals surface area contributed by atoms with Gasteiger partial charge in [-0.25, -0.2) is 9.59 Å². The van der Waals surface area contributed by atoms with Crippen molar-refractivity contribution in [1.29, 1.82) is 0 Å². The highest BCUT2D eigenvalue weighted by atomic mass is 16.6. The van der Waals surface area contributed by atoms with E-state index >= 15 is 0 Å². The molecule has 2 heterocycles. The fraction of sp³-hybridized carbons (Fsp3) is 0.679. The van der Waals surface area contributed by atoms with Crippen LogP contribution < -0.4 is 5.32 Å². The number of carbonyl (C=O) groups excluding carboxylic acids is 3. The van der Waals surface area contributed by atoms with Crippen molar-refractivity contribution in [3.8, 4) is 0 Å². The lowest BCUT2D eigenvalue weighted by atomic mass is 10.1. The van der Waals surface area contributed by atoms with Crippen LogP contribution in [0.4, 0.5) is 4.79 Å². The molecule has 1 aromatic rings. The average molecular weight is 505 g/mol. The van der Waals surface area contributed by atoms with E-state index in [4.69, 9.17) is 14.2 Å². The molecule has 0 aromatic heterocycles. The highest BCUT2D eigenvalue weighted by Gasteiger charge is 2.41. The summed E-state index contributed by atoms with van der Waals surface area (Å²) in [7, 11) is 0. The summed E-state index contributed by atoms with van der Waals surface area (Å²) < 4.78 is 16.1. The smallest absolute Gasteiger partial charge is 0.411 e. The molecule has 1 N–H and O–H groups in total. The van der Waals surface area contributed by atoms with Crippen molar-refractivity contribution in [1.82, 2.24) is 10.2 Å². The summed E-state index contributed by atoms with van der Waals surface area (Å²) in [5.74, 6) is -0.477. The van der Waals surface area contributed by atoms with E-state index in [2.05, 4.69) is 12.2 Å². The maximum Gasteiger partial charge on any atom is 0.411 e. The number of carbonyl (C=O) groups is 3. The van der Waals surface area contributed by atoms with Crippen molar-refractivity contribution in [3.63, 3.8) is 0 Å². The second-order valence-electron chi connectivity index (χ2n) is 11.7. The van der Waals surface area contributed by atoms with Crippen molar-refractivity contribution in [2.75, 3.05) is 0 Å². The molecule has 0 unspecified atom stereocenters. The van der Waals surface area contributed by atoms with E-state index in [9.17, 15) is 14.4 Å². The third kappa shape index (κ3) is 9.80. The van der Waals surface area contributed by atoms with Gasteiger partial charge in [-0.2, -0.15) is 0 Å². The predicted octanol–water partition coefficient (Wildman–Crippen LogP) is 4.99. The van der Waals surface area contributed by atoms with Gasteiger partial charge in [-0.05, 0) is 86.6 Å². The standard InChI is InChI=1S/C18H25NO4.C10H19NO2/c1-13-10-11-15(16(20)23-18(2,3)4)19(13)17(21)22-12-14-8-6-5-7-9-14;1-7-5-6-8(11-7)9(12)13-10(2,3)4/h5-9,13,15H,10-12H2,1-4H3;7-8,11H,5-6H2,1-4H3/t13-,15+;7-,8+/m11/s1. The molecule has 8 heteroatoms. The van der Waals surface area contributed by atoms with Gasteiger partial charge in [0, 0.05) is 12.1 Å². The molecule has 36 heavy (non-hydrogen) atoms. The molecule has 0 aliphatic carbocycles. The minimum atomic E-state index is -0.567. The zero-order chi connectivity index (χ0) is 27.1. The van der Waals surface area contributed by atoms with E-state index in [1.54, 1.807) is 0 Å². The molecule has 0 saturated carbocycles. The molecule has 0 bridgehead atoms. The van der Waals surface area contributed by atoms with Crippen LogP contribution in [0.1, 0.15) is 86.6 Å². The molecular weight excluding hydrogens is 460 g/mol. The predicted molar refractivity (Wildman–Crippen MR) is 138 cm³/mol. The summed E-state index contributed by atoms with van der Waals surface area (Å²) in [5, 5.41) is 3.20. The summed E-state index contributed by atoms with van der Waals surface area (Å²) in [6.45, 7) is 15.3. The lowest BCUT2D eigenvalue weighted by Gasteiger charge is -2.29. The Balaban J connectivity index is 0.000000297. The summed E-state index contributed by atoms with van der Waals surface area (Å²) >= 11 is 0. The number of hydrogen-bond donors (Lipinski definition) is 1. The Hall–Kier alpha value is -2.61. The molecule has 0 radical (unpaired) electrons. The molecule has 1 amide bonds. The number of nitrogens with zero attached hydrogens (tertiary/aromatic N) is 1. The molecular formula is C28H44N2O6. The number of amides is 1. The van der Waals surface area contributed by atoms with E-state index in [-0.39, 0.29) is 36.2 Å². The number of hydrogen-bond acceptors (Lipinski definition) is 7. The maximum atomic E-state index is 12.4. The van der Waals surface area contributed by atoms with Gasteiger partial charge in [0.05, 0.1) is 0 Å². The number of benzene rings is 1. The van der Waals surface area contributed by atoms with E-state index in [0.29, 0.717) is 12.5 Å². The molecule has 3 rings (SSSR count). The quantitative estimate of drug-likeness (QED) is 0.456. The van der Waals surface area contributed by atoms with Crippen LogP contribution in [-0.4, -0.2) is 58.3 Å². The minimum Gasteiger partial charge on any atom is -0.459 e. The van der Waals surface area contributed by atoms with Crippen LogP contribution in [0.2, 0.25) is 0 Å². The molecule has 8 nitrogen and oxygen atoms in total. The monoisotopic (exact) mass is 504 g/mol. The Bertz CT molecular complexity index is 874. The number of likely N-dealkylation sites (tertiary alicyclic amines) is 1. The van der Waals surface area contributed by atoms with Crippen molar-refractivity contribution in [2.24, 2.45) is 0 Å². The largest absolute Gasteiger partial charge is 0.459 e. The van der Waals surface area contributed by atoms with Crippen LogP contribution in [0.25, 0.3) is 0 Å². The van der Waals surface area contributed by atoms with Gasteiger partial charge in [0.2, 0.25) is 0 Å². The lowest BCUT2D eigenvalue weighted by Crippen LogP contribution is -2.46. The Kier molecular flexibility index (Phi) is 10.3. The number of esters is 2. The third-order valence-corrected chi connectivity index (χ3v) is 5.83. The van der Waals surface area contributed by atoms with Gasteiger partial charge in [-0.1, -0.05) is 30.3 Å². The molecule has 2 aliphatic rings. The van der Waals surface area contributed by atoms with E-state index in [1.165, 1.54) is 4.90 Å². The van der Waals surface area contributed by atoms with E-state index < -0.39 is 17.7 Å². The SMILES string of the molecule is C[C@@H]1CC[C@@H](C(=O)OC(C)(C)C)N1.C[C@@H]1CC[C@@H](C(=O)OC(C)(C)C)N1C(=O)OCc1ccccc1. The number of ether oxygens (including phenoxy) is 3. The first-order chi connectivity index (χ1) is 16.7. The fourth-order valence-corrected chi connectivity index (χ4v) is 4.17. The summed E-state index contributed by atoms with van der Waals surface area (Å²) in [5.41, 5.74) is -0.0193. The van der Waals surface area contributed by atoms with Crippen molar-refractivity contribution in [3.05, 3.63) is 35.9 Å². The number of nitrogens with one attached hydrogen (secondary N) is 1. The van der Waals surface area contributed by atoms with Crippen LogP contribution in [0, 0.1) is 0 Å². The third-order valence-electron chi connectivity index (χ3n) is 5.83. The highest BCUT2D eigenvalue weighted by Crippen LogP contribution is 2.27. The van der Waals surface area contributed by atoms with Crippen LogP contribution in [0.5, 0.6) is 0 Å². The molecule has 2 aliphatic heterocycles. The van der Waals surface area contributed by atoms with Crippen molar-refractivity contribution >= 4 is 18.0 Å². The first-order valence-electron chi connectivity index (χ1n) is 12.9. The minimum absolute atomic E-state index is 0.0317. The zero-order valence-electron chi connectivity index (χ0n) is 23.1. The Morgan fingerprint density at radius 1 is 0.861 bits per heavy atom. The van der Waals surface area contributed by atoms with Gasteiger partial charge in [0.1, 0.15) is 29.9 Å². The maximum absolute atomic E-state index is 12.4. The van der Waals surface area contributed by atoms with Gasteiger partial charge in [-0.3, -0.25) is 9.69 Å². The van der Waals surface area contributed by atoms with Crippen LogP contribution in [-0.2, 0) is 30.4 Å². The summed E-state index contributed by atoms with van der Waals surface area (Å²) in [6.07, 6.45) is 2.87. The summed E-state index contributed by atoms with van der Waals surface area (Å²) in [4.78, 5) is 37.8. The van der Waals surface area contributed by atoms with E-state index in [0.717, 1.165) is 24.8 Å². The molecule has 4 atom stereocenters. The Labute approximate surface area is 216 Å². The first kappa shape index (κ1) is 29.6. The first-order valence-corrected chi connectivity index (χ1v) is 12.9. The van der Waals surface area contributed by atoms with Crippen LogP contribution in [0.15, 0.2) is 30.3 Å². The van der Waals surface area contributed by atoms with Gasteiger partial charge in [-0.15, -0.1) is 0 Å². The normalized spacial score (nSPS) is 23.9. The zero-order valence-corrected chi connectivity index (χ0v) is 23.1. The Morgan fingerprint density at radius 2 is 1.44 bits per heavy atom. The van der Waals surface area contributed by atoms with Gasteiger partial charge in [0.15, 0.2) is 0 Å². The molecule has 1 aromatic carbocycles. The second kappa shape index (κ2) is 12.6. The number of rotatable bonds is 4. The van der Waals surface area contributed by atoms with Crippen molar-refractivity contribution in [2.45, 2.75) is 123 Å². The van der Waals surface area contributed by atoms with E-state index in [1.807, 2.05) is 78.8 Å². The highest BCUT2D eigenvalue weighted by molar-refractivity contribution is 5.82. The average Bonchev–Trinajstić information content (AvgIpc) is 3.37. The molecule has 2 saturated heterocycles. The molecule has 2 fully saturated rings. The van der Waals surface area contributed by atoms with Gasteiger partial charge < -0.3 is 19.5 Å². The van der Waals surface area contributed by atoms with Crippen LogP contribution in [0.3, 0.4) is 0 Å². The lowest BCUT2D eigenvalue weighted by molar-refractivity contribution is -0.160. The summed E-state index contributed by atoms with van der Waals surface area (Å²) in [6, 6.07) is 9.25. The molecule has 202 valence electrons. The Morgan fingerprint density at radius 3 is 1.97 bits per heavy atom. The second-order valence-corrected chi connectivity index (χ2v) is 11.7. The molecule has 0 spiro atoms. The van der Waals surface area contributed by atoms with Crippen LogP contribution >= 0.6 is 0 Å². The van der Waals surface area contributed by atoms with Gasteiger partial charge in [0.25, 0.3) is 0 Å². The topological polar surface area (TPSA) is 94.2 Å². The fourth-order valence-electron chi connectivity index (χ4n) is 4.17. The van der Waals surface area contributed by atoms with Gasteiger partial charge >= 0.3 is 18.0 Å².